The number of amides is 1. The van der Waals surface area contributed by atoms with Crippen LogP contribution in [-0.2, 0) is 16.4 Å². The van der Waals surface area contributed by atoms with Crippen LogP contribution in [0.1, 0.15) is 15.9 Å². The van der Waals surface area contributed by atoms with Crippen molar-refractivity contribution in [3.8, 4) is 0 Å². The molecule has 0 saturated carbocycles. The number of hydrogen-bond acceptors (Lipinski definition) is 4. The maximum absolute atomic E-state index is 12.9. The van der Waals surface area contributed by atoms with Crippen LogP contribution in [0.2, 0.25) is 0 Å². The molecule has 0 atom stereocenters. The summed E-state index contributed by atoms with van der Waals surface area (Å²) in [5, 5.41) is 0. The highest BCUT2D eigenvalue weighted by atomic mass is 32.2. The molecule has 0 radical (unpaired) electrons. The molecule has 27 heavy (non-hydrogen) atoms. The lowest BCUT2D eigenvalue weighted by molar-refractivity contribution is 0.0664. The van der Waals surface area contributed by atoms with Crippen molar-refractivity contribution in [1.82, 2.24) is 9.80 Å². The summed E-state index contributed by atoms with van der Waals surface area (Å²) in [6.07, 6.45) is 0.616. The minimum absolute atomic E-state index is 0.0234. The zero-order valence-electron chi connectivity index (χ0n) is 15.3. The second-order valence-corrected chi connectivity index (χ2v) is 8.94. The van der Waals surface area contributed by atoms with Crippen LogP contribution in [0.3, 0.4) is 0 Å². The second-order valence-electron chi connectivity index (χ2n) is 7.08. The van der Waals surface area contributed by atoms with Gasteiger partial charge in [-0.3, -0.25) is 9.10 Å². The molecule has 4 rings (SSSR count). The van der Waals surface area contributed by atoms with Crippen molar-refractivity contribution in [3.05, 3.63) is 59.7 Å². The van der Waals surface area contributed by atoms with Crippen molar-refractivity contribution in [2.75, 3.05) is 44.1 Å². The smallest absolute Gasteiger partial charge is 0.264 e. The summed E-state index contributed by atoms with van der Waals surface area (Å²) in [5.74, 6) is 0.0234. The largest absolute Gasteiger partial charge is 0.336 e. The number of carbonyl (C=O) groups excluding carboxylic acids is 1. The quantitative estimate of drug-likeness (QED) is 0.809. The van der Waals surface area contributed by atoms with Gasteiger partial charge >= 0.3 is 0 Å². The highest BCUT2D eigenvalue weighted by Gasteiger charge is 2.31. The van der Waals surface area contributed by atoms with Gasteiger partial charge in [-0.2, -0.15) is 0 Å². The van der Waals surface area contributed by atoms with Gasteiger partial charge in [0.15, 0.2) is 0 Å². The summed E-state index contributed by atoms with van der Waals surface area (Å²) in [6.45, 7) is 3.60. The zero-order valence-corrected chi connectivity index (χ0v) is 16.2. The molecule has 2 aromatic carbocycles. The number of likely N-dealkylation sites (N-methyl/N-ethyl adjacent to an activating group) is 1. The topological polar surface area (TPSA) is 60.9 Å². The van der Waals surface area contributed by atoms with Crippen molar-refractivity contribution >= 4 is 21.6 Å². The van der Waals surface area contributed by atoms with E-state index < -0.39 is 10.0 Å². The number of anilines is 1. The number of piperazine rings is 1. The molecule has 0 N–H and O–H groups in total. The molecule has 1 amide bonds. The van der Waals surface area contributed by atoms with Gasteiger partial charge in [-0.1, -0.05) is 18.2 Å². The second kappa shape index (κ2) is 6.98. The van der Waals surface area contributed by atoms with E-state index in [0.717, 1.165) is 31.7 Å². The first-order valence-electron chi connectivity index (χ1n) is 9.15. The van der Waals surface area contributed by atoms with Crippen LogP contribution in [-0.4, -0.2) is 63.9 Å². The molecular weight excluding hydrogens is 362 g/mol. The molecule has 0 unspecified atom stereocenters. The molecule has 1 fully saturated rings. The number of rotatable bonds is 3. The lowest BCUT2D eigenvalue weighted by Crippen LogP contribution is -2.47. The summed E-state index contributed by atoms with van der Waals surface area (Å²) < 4.78 is 27.3. The van der Waals surface area contributed by atoms with Gasteiger partial charge in [-0.05, 0) is 49.4 Å². The van der Waals surface area contributed by atoms with Crippen molar-refractivity contribution in [2.45, 2.75) is 11.3 Å². The van der Waals surface area contributed by atoms with E-state index in [9.17, 15) is 13.2 Å². The Kier molecular flexibility index (Phi) is 4.65. The van der Waals surface area contributed by atoms with E-state index in [4.69, 9.17) is 0 Å². The average Bonchev–Trinajstić information content (AvgIpc) is 3.13. The van der Waals surface area contributed by atoms with E-state index in [0.29, 0.717) is 24.2 Å². The van der Waals surface area contributed by atoms with E-state index in [1.54, 1.807) is 42.5 Å². The van der Waals surface area contributed by atoms with E-state index >= 15 is 0 Å². The Morgan fingerprint density at radius 2 is 1.63 bits per heavy atom. The monoisotopic (exact) mass is 385 g/mol. The van der Waals surface area contributed by atoms with E-state index in [1.807, 2.05) is 11.0 Å². The maximum Gasteiger partial charge on any atom is 0.264 e. The predicted molar refractivity (Wildman–Crippen MR) is 105 cm³/mol. The Labute approximate surface area is 160 Å². The summed E-state index contributed by atoms with van der Waals surface area (Å²) in [5.41, 5.74) is 2.22. The predicted octanol–water partition coefficient (Wildman–Crippen LogP) is 1.83. The molecular formula is C20H23N3O3S. The van der Waals surface area contributed by atoms with Crippen LogP contribution < -0.4 is 4.31 Å². The van der Waals surface area contributed by atoms with Crippen molar-refractivity contribution < 1.29 is 13.2 Å². The lowest BCUT2D eigenvalue weighted by Gasteiger charge is -2.32. The van der Waals surface area contributed by atoms with Crippen LogP contribution in [0, 0.1) is 0 Å². The molecule has 2 heterocycles. The highest BCUT2D eigenvalue weighted by Crippen LogP contribution is 2.33. The highest BCUT2D eigenvalue weighted by molar-refractivity contribution is 7.92. The Bertz CT molecular complexity index is 952. The molecule has 2 aliphatic rings. The third-order valence-electron chi connectivity index (χ3n) is 5.30. The molecule has 2 aromatic rings. The van der Waals surface area contributed by atoms with Gasteiger partial charge in [-0.25, -0.2) is 8.42 Å². The molecule has 0 aliphatic carbocycles. The number of carbonyl (C=O) groups is 1. The normalized spacial score (nSPS) is 17.8. The molecule has 6 nitrogen and oxygen atoms in total. The van der Waals surface area contributed by atoms with E-state index in [-0.39, 0.29) is 10.8 Å². The molecule has 0 aromatic heterocycles. The Morgan fingerprint density at radius 1 is 0.926 bits per heavy atom. The summed E-state index contributed by atoms with van der Waals surface area (Å²) in [6, 6.07) is 13.8. The summed E-state index contributed by atoms with van der Waals surface area (Å²) in [7, 11) is -1.52. The minimum atomic E-state index is -3.58. The number of benzene rings is 2. The molecule has 0 bridgehead atoms. The fraction of sp³-hybridized carbons (Fsp3) is 0.350. The van der Waals surface area contributed by atoms with Crippen LogP contribution in [0.15, 0.2) is 53.4 Å². The molecule has 142 valence electrons. The first kappa shape index (κ1) is 18.0. The number of sulfonamides is 1. The van der Waals surface area contributed by atoms with Gasteiger partial charge in [0.2, 0.25) is 0 Å². The van der Waals surface area contributed by atoms with Gasteiger partial charge in [0.05, 0.1) is 10.6 Å². The average molecular weight is 385 g/mol. The van der Waals surface area contributed by atoms with E-state index in [2.05, 4.69) is 11.9 Å². The number of hydrogen-bond donors (Lipinski definition) is 0. The maximum atomic E-state index is 12.9. The first-order valence-corrected chi connectivity index (χ1v) is 10.6. The fourth-order valence-electron chi connectivity index (χ4n) is 3.67. The summed E-state index contributed by atoms with van der Waals surface area (Å²) in [4.78, 5) is 17.1. The molecule has 1 saturated heterocycles. The van der Waals surface area contributed by atoms with Crippen LogP contribution >= 0.6 is 0 Å². The van der Waals surface area contributed by atoms with Crippen molar-refractivity contribution in [1.29, 1.82) is 0 Å². The third-order valence-corrected chi connectivity index (χ3v) is 7.13. The molecule has 7 heteroatoms. The lowest BCUT2D eigenvalue weighted by atomic mass is 10.1. The minimum Gasteiger partial charge on any atom is -0.336 e. The Hall–Kier alpha value is -2.38. The molecule has 2 aliphatic heterocycles. The third kappa shape index (κ3) is 3.33. The van der Waals surface area contributed by atoms with Crippen molar-refractivity contribution in [2.24, 2.45) is 0 Å². The standard InChI is InChI=1S/C20H23N3O3S/c1-21-11-13-22(14-12-21)20(24)17-7-8-19-16(15-17)9-10-23(19)27(25,26)18-5-3-2-4-6-18/h2-8,15H,9-14H2,1H3. The number of fused-ring (bicyclic) bond motifs is 1. The SMILES string of the molecule is CN1CCN(C(=O)c2ccc3c(c2)CCN3S(=O)(=O)c2ccccc2)CC1. The van der Waals surface area contributed by atoms with E-state index in [1.165, 1.54) is 4.31 Å². The van der Waals surface area contributed by atoms with Crippen molar-refractivity contribution in [3.63, 3.8) is 0 Å². The first-order chi connectivity index (χ1) is 13.0. The Morgan fingerprint density at radius 3 is 2.33 bits per heavy atom. The van der Waals surface area contributed by atoms with Gasteiger partial charge in [0.1, 0.15) is 0 Å². The van der Waals surface area contributed by atoms with Gasteiger partial charge < -0.3 is 9.80 Å². The Balaban J connectivity index is 1.59. The van der Waals surface area contributed by atoms with Crippen LogP contribution in [0.5, 0.6) is 0 Å². The zero-order chi connectivity index (χ0) is 19.0. The van der Waals surface area contributed by atoms with Gasteiger partial charge in [0.25, 0.3) is 15.9 Å². The van der Waals surface area contributed by atoms with Crippen LogP contribution in [0.25, 0.3) is 0 Å². The van der Waals surface area contributed by atoms with Gasteiger partial charge in [0, 0.05) is 38.3 Å². The number of nitrogens with zero attached hydrogens (tertiary/aromatic N) is 3. The van der Waals surface area contributed by atoms with Gasteiger partial charge in [-0.15, -0.1) is 0 Å². The van der Waals surface area contributed by atoms with Crippen LogP contribution in [0.4, 0.5) is 5.69 Å². The molecule has 0 spiro atoms. The fourth-order valence-corrected chi connectivity index (χ4v) is 5.19. The summed E-state index contributed by atoms with van der Waals surface area (Å²) >= 11 is 0.